The molecule has 32 heavy (non-hydrogen) atoms. The van der Waals surface area contributed by atoms with Gasteiger partial charge in [0.05, 0.1) is 24.5 Å². The van der Waals surface area contributed by atoms with Gasteiger partial charge in [0.1, 0.15) is 5.75 Å². The highest BCUT2D eigenvalue weighted by Crippen LogP contribution is 2.59. The first-order valence-corrected chi connectivity index (χ1v) is 12.8. The summed E-state index contributed by atoms with van der Waals surface area (Å²) in [6, 6.07) is 8.96. The number of halogens is 1. The van der Waals surface area contributed by atoms with Gasteiger partial charge in [0.25, 0.3) is 0 Å². The molecule has 1 saturated carbocycles. The number of amides is 2. The molecule has 2 aromatic rings. The van der Waals surface area contributed by atoms with Gasteiger partial charge in [-0.2, -0.15) is 0 Å². The number of ether oxygens (including phenoxy) is 1. The number of likely N-dealkylation sites (tertiary alicyclic amines) is 1. The lowest BCUT2D eigenvalue weighted by Crippen LogP contribution is -2.53. The molecule has 1 aromatic heterocycles. The molecule has 5 rings (SSSR count). The van der Waals surface area contributed by atoms with Crippen molar-refractivity contribution in [3.63, 3.8) is 0 Å². The maximum atomic E-state index is 13.5. The smallest absolute Gasteiger partial charge is 0.233 e. The van der Waals surface area contributed by atoms with Crippen molar-refractivity contribution in [3.8, 4) is 5.75 Å². The molecule has 0 radical (unpaired) electrons. The predicted octanol–water partition coefficient (Wildman–Crippen LogP) is 4.60. The molecule has 2 saturated heterocycles. The van der Waals surface area contributed by atoms with E-state index in [0.717, 1.165) is 15.8 Å². The minimum absolute atomic E-state index is 0.0946. The van der Waals surface area contributed by atoms with Crippen LogP contribution in [0, 0.1) is 23.7 Å². The number of hydrogen-bond acceptors (Lipinski definition) is 6. The first-order chi connectivity index (χ1) is 15.3. The number of benzene rings is 1. The zero-order chi connectivity index (χ0) is 22.6. The number of phenols is 1. The largest absolute Gasteiger partial charge is 0.508 e. The molecule has 1 aliphatic carbocycles. The maximum absolute atomic E-state index is 13.5. The summed E-state index contributed by atoms with van der Waals surface area (Å²) in [6.07, 6.45) is 1.82. The Bertz CT molecular complexity index is 1040. The van der Waals surface area contributed by atoms with Crippen LogP contribution in [0.25, 0.3) is 0 Å². The molecular formula is C24H26BrNO5S. The van der Waals surface area contributed by atoms with Gasteiger partial charge in [-0.15, -0.1) is 11.3 Å². The molecule has 3 heterocycles. The molecule has 0 spiro atoms. The summed E-state index contributed by atoms with van der Waals surface area (Å²) in [4.78, 5) is 29.1. The Morgan fingerprint density at radius 2 is 2.06 bits per heavy atom. The van der Waals surface area contributed by atoms with Crippen LogP contribution in [-0.2, 0) is 20.9 Å². The first-order valence-electron chi connectivity index (χ1n) is 11.1. The van der Waals surface area contributed by atoms with Crippen LogP contribution in [0.15, 0.2) is 40.2 Å². The molecule has 2 N–H and O–H groups in total. The first kappa shape index (κ1) is 22.1. The van der Waals surface area contributed by atoms with Gasteiger partial charge >= 0.3 is 0 Å². The van der Waals surface area contributed by atoms with Crippen molar-refractivity contribution in [2.45, 2.75) is 51.0 Å². The second kappa shape index (κ2) is 8.24. The lowest BCUT2D eigenvalue weighted by atomic mass is 9.63. The van der Waals surface area contributed by atoms with Crippen molar-refractivity contribution in [1.82, 2.24) is 4.90 Å². The Morgan fingerprint density at radius 3 is 2.78 bits per heavy atom. The van der Waals surface area contributed by atoms with Crippen molar-refractivity contribution in [2.75, 3.05) is 0 Å². The van der Waals surface area contributed by atoms with E-state index in [2.05, 4.69) is 15.9 Å². The van der Waals surface area contributed by atoms with Crippen molar-refractivity contribution in [1.29, 1.82) is 0 Å². The van der Waals surface area contributed by atoms with E-state index in [9.17, 15) is 19.8 Å². The van der Waals surface area contributed by atoms with Gasteiger partial charge in [0, 0.05) is 26.7 Å². The molecule has 0 bridgehead atoms. The molecule has 2 aliphatic heterocycles. The van der Waals surface area contributed by atoms with Gasteiger partial charge in [-0.05, 0) is 48.9 Å². The van der Waals surface area contributed by atoms with Crippen LogP contribution in [0.4, 0.5) is 0 Å². The number of aliphatic hydroxyl groups is 1. The zero-order valence-corrected chi connectivity index (χ0v) is 20.1. The summed E-state index contributed by atoms with van der Waals surface area (Å²) in [5.74, 6) is -3.51. The summed E-state index contributed by atoms with van der Waals surface area (Å²) in [5, 5.41) is 24.2. The summed E-state index contributed by atoms with van der Waals surface area (Å²) >= 11 is 4.96. The minimum Gasteiger partial charge on any atom is -0.508 e. The van der Waals surface area contributed by atoms with E-state index in [1.54, 1.807) is 18.2 Å². The molecular weight excluding hydrogens is 494 g/mol. The van der Waals surface area contributed by atoms with E-state index in [1.165, 1.54) is 16.2 Å². The highest BCUT2D eigenvalue weighted by Gasteiger charge is 2.66. The topological polar surface area (TPSA) is 87.1 Å². The number of nitrogens with zero attached hydrogens (tertiary/aromatic N) is 1. The van der Waals surface area contributed by atoms with Crippen LogP contribution in [0.3, 0.4) is 0 Å². The van der Waals surface area contributed by atoms with Crippen LogP contribution in [-0.4, -0.2) is 32.7 Å². The van der Waals surface area contributed by atoms with Gasteiger partial charge in [-0.25, -0.2) is 0 Å². The third kappa shape index (κ3) is 3.43. The molecule has 1 aromatic carbocycles. The van der Waals surface area contributed by atoms with Crippen molar-refractivity contribution >= 4 is 39.1 Å². The highest BCUT2D eigenvalue weighted by atomic mass is 79.9. The Kier molecular flexibility index (Phi) is 5.68. The van der Waals surface area contributed by atoms with E-state index in [1.807, 2.05) is 24.4 Å². The molecule has 0 unspecified atom stereocenters. The maximum Gasteiger partial charge on any atom is 0.233 e. The van der Waals surface area contributed by atoms with E-state index in [0.29, 0.717) is 24.8 Å². The van der Waals surface area contributed by atoms with Gasteiger partial charge in [0.2, 0.25) is 11.8 Å². The van der Waals surface area contributed by atoms with Crippen LogP contribution in [0.2, 0.25) is 0 Å². The van der Waals surface area contributed by atoms with Gasteiger partial charge in [-0.3, -0.25) is 14.5 Å². The normalized spacial score (nSPS) is 34.1. The Labute approximate surface area is 199 Å². The summed E-state index contributed by atoms with van der Waals surface area (Å²) in [5.41, 5.74) is 0.584. The van der Waals surface area contributed by atoms with Gasteiger partial charge in [0.15, 0.2) is 5.79 Å². The zero-order valence-electron chi connectivity index (χ0n) is 17.7. The lowest BCUT2D eigenvalue weighted by molar-refractivity contribution is -0.270. The summed E-state index contributed by atoms with van der Waals surface area (Å²) in [7, 11) is 0. The molecule has 6 nitrogen and oxygen atoms in total. The summed E-state index contributed by atoms with van der Waals surface area (Å²) in [6.45, 7) is 2.32. The Balaban J connectivity index is 1.50. The van der Waals surface area contributed by atoms with Gasteiger partial charge < -0.3 is 14.9 Å². The number of imide groups is 1. The lowest BCUT2D eigenvalue weighted by Gasteiger charge is -2.44. The number of thiophene rings is 1. The fourth-order valence-electron chi connectivity index (χ4n) is 5.92. The van der Waals surface area contributed by atoms with Crippen LogP contribution < -0.4 is 0 Å². The minimum atomic E-state index is -1.49. The second-order valence-corrected chi connectivity index (χ2v) is 11.0. The number of hydrogen-bond donors (Lipinski definition) is 2. The number of carbonyl (C=O) groups excluding carboxylic acids is 2. The standard InChI is InChI=1S/C24H26BrNO5S/c1-2-4-13-9-17-21(23(29)26(22(17)28)12-15-5-3-8-32-15)18-11-20(31-24(13,18)30)16-10-14(25)6-7-19(16)27/h3,5-8,10,13,17-18,20-21,27,30H,2,4,9,11-12H2,1H3/t13-,17-,18-,20-,21-,24+/m0/s1. The van der Waals surface area contributed by atoms with Crippen LogP contribution in [0.1, 0.15) is 49.2 Å². The van der Waals surface area contributed by atoms with E-state index >= 15 is 0 Å². The number of phenolic OH excluding ortho intramolecular Hbond substituents is 1. The van der Waals surface area contributed by atoms with Crippen molar-refractivity contribution < 1.29 is 24.5 Å². The van der Waals surface area contributed by atoms with Crippen LogP contribution >= 0.6 is 27.3 Å². The number of fused-ring (bicyclic) bond motifs is 3. The molecule has 6 atom stereocenters. The fraction of sp³-hybridized carbons (Fsp3) is 0.500. The third-order valence-corrected chi connectivity index (χ3v) is 8.68. The third-order valence-electron chi connectivity index (χ3n) is 7.32. The van der Waals surface area contributed by atoms with Crippen molar-refractivity contribution in [3.05, 3.63) is 50.6 Å². The number of carbonyl (C=O) groups is 2. The van der Waals surface area contributed by atoms with Gasteiger partial charge in [-0.1, -0.05) is 35.3 Å². The number of rotatable bonds is 5. The molecule has 2 amide bonds. The molecule has 170 valence electrons. The highest BCUT2D eigenvalue weighted by molar-refractivity contribution is 9.10. The summed E-state index contributed by atoms with van der Waals surface area (Å²) < 4.78 is 7.07. The average Bonchev–Trinajstić information content (AvgIpc) is 3.45. The quantitative estimate of drug-likeness (QED) is 0.563. The Hall–Kier alpha value is -1.74. The Morgan fingerprint density at radius 1 is 1.25 bits per heavy atom. The fourth-order valence-corrected chi connectivity index (χ4v) is 6.99. The van der Waals surface area contributed by atoms with Crippen molar-refractivity contribution in [2.24, 2.45) is 23.7 Å². The van der Waals surface area contributed by atoms with Crippen LogP contribution in [0.5, 0.6) is 5.75 Å². The molecule has 8 heteroatoms. The predicted molar refractivity (Wildman–Crippen MR) is 123 cm³/mol. The molecule has 3 fully saturated rings. The van der Waals surface area contributed by atoms with E-state index < -0.39 is 29.6 Å². The number of aromatic hydroxyl groups is 1. The average molecular weight is 520 g/mol. The second-order valence-electron chi connectivity index (χ2n) is 9.10. The van der Waals surface area contributed by atoms with E-state index in [-0.39, 0.29) is 30.0 Å². The van der Waals surface area contributed by atoms with E-state index in [4.69, 9.17) is 4.74 Å². The monoisotopic (exact) mass is 519 g/mol. The SMILES string of the molecule is CCC[C@H]1C[C@@H]2C(=O)N(Cc3cccs3)C(=O)[C@@H]2[C@@H]2C[C@@H](c3cc(Br)ccc3O)O[C@]12O. The molecule has 3 aliphatic rings.